The van der Waals surface area contributed by atoms with Gasteiger partial charge in [0.25, 0.3) is 5.19 Å². The van der Waals surface area contributed by atoms with E-state index in [0.717, 1.165) is 55.2 Å². The quantitative estimate of drug-likeness (QED) is 0.458. The number of nitrogens with zero attached hydrogens (tertiary/aromatic N) is 4. The number of hydrogen-bond donors (Lipinski definition) is 0. The molecule has 33 heavy (non-hydrogen) atoms. The molecule has 0 unspecified atom stereocenters. The molecule has 0 spiro atoms. The van der Waals surface area contributed by atoms with Crippen molar-refractivity contribution in [1.29, 1.82) is 0 Å². The van der Waals surface area contributed by atoms with Crippen LogP contribution in [-0.4, -0.2) is 48.8 Å². The number of piperidine rings is 1. The van der Waals surface area contributed by atoms with Crippen molar-refractivity contribution in [2.75, 3.05) is 24.2 Å². The summed E-state index contributed by atoms with van der Waals surface area (Å²) in [5, 5.41) is 0.641. The molecule has 3 heterocycles. The Kier molecular flexibility index (Phi) is 7.29. The van der Waals surface area contributed by atoms with Gasteiger partial charge in [-0.2, -0.15) is 0 Å². The van der Waals surface area contributed by atoms with E-state index in [1.165, 1.54) is 23.2 Å². The Morgan fingerprint density at radius 2 is 1.76 bits per heavy atom. The van der Waals surface area contributed by atoms with Gasteiger partial charge in [0.15, 0.2) is 9.84 Å². The molecule has 0 bridgehead atoms. The van der Waals surface area contributed by atoms with Crippen molar-refractivity contribution in [3.05, 3.63) is 48.4 Å². The Morgan fingerprint density at radius 3 is 2.36 bits per heavy atom. The number of sulfone groups is 1. The second-order valence-corrected chi connectivity index (χ2v) is 11.6. The van der Waals surface area contributed by atoms with Gasteiger partial charge in [-0.3, -0.25) is 0 Å². The predicted octanol–water partition coefficient (Wildman–Crippen LogP) is 4.64. The lowest BCUT2D eigenvalue weighted by atomic mass is 9.92. The molecule has 3 aromatic rings. The van der Waals surface area contributed by atoms with Gasteiger partial charge in [0.05, 0.1) is 9.77 Å². The van der Waals surface area contributed by atoms with E-state index in [9.17, 15) is 8.42 Å². The van der Waals surface area contributed by atoms with Crippen LogP contribution in [0.2, 0.25) is 0 Å². The highest BCUT2D eigenvalue weighted by molar-refractivity contribution is 7.90. The first kappa shape index (κ1) is 23.6. The van der Waals surface area contributed by atoms with E-state index in [1.54, 1.807) is 18.3 Å². The van der Waals surface area contributed by atoms with Gasteiger partial charge in [-0.1, -0.05) is 36.8 Å². The molecule has 1 aliphatic rings. The lowest BCUT2D eigenvalue weighted by Crippen LogP contribution is -2.39. The normalized spacial score (nSPS) is 16.0. The molecule has 0 N–H and O–H groups in total. The molecule has 0 radical (unpaired) electrons. The van der Waals surface area contributed by atoms with Crippen molar-refractivity contribution in [2.45, 2.75) is 50.5 Å². The molecule has 1 saturated heterocycles. The molecule has 176 valence electrons. The summed E-state index contributed by atoms with van der Waals surface area (Å²) in [6.07, 6.45) is 11.1. The van der Waals surface area contributed by atoms with Gasteiger partial charge >= 0.3 is 0 Å². The maximum Gasteiger partial charge on any atom is 0.273 e. The van der Waals surface area contributed by atoms with E-state index in [1.807, 2.05) is 24.5 Å². The summed E-state index contributed by atoms with van der Waals surface area (Å²) < 4.78 is 29.5. The van der Waals surface area contributed by atoms with Crippen LogP contribution in [0, 0.1) is 5.92 Å². The van der Waals surface area contributed by atoms with Crippen LogP contribution in [0.25, 0.3) is 10.4 Å². The fraction of sp³-hybridized carbons (Fsp3) is 0.458. The summed E-state index contributed by atoms with van der Waals surface area (Å²) in [5.41, 5.74) is 2.12. The third-order valence-electron chi connectivity index (χ3n) is 6.05. The van der Waals surface area contributed by atoms with Gasteiger partial charge in [0, 0.05) is 37.9 Å². The van der Waals surface area contributed by atoms with Gasteiger partial charge in [-0.15, -0.1) is 0 Å². The zero-order chi connectivity index (χ0) is 23.4. The van der Waals surface area contributed by atoms with Crippen LogP contribution in [0.1, 0.15) is 38.7 Å². The minimum Gasteiger partial charge on any atom is -0.467 e. The van der Waals surface area contributed by atoms with Crippen LogP contribution in [0.3, 0.4) is 0 Å². The summed E-state index contributed by atoms with van der Waals surface area (Å²) in [6, 6.07) is 6.87. The molecule has 4 rings (SSSR count). The van der Waals surface area contributed by atoms with Crippen molar-refractivity contribution < 1.29 is 13.2 Å². The number of rotatable bonds is 8. The number of thiazole rings is 1. The van der Waals surface area contributed by atoms with Gasteiger partial charge in [-0.25, -0.2) is 23.4 Å². The van der Waals surface area contributed by atoms with Crippen LogP contribution < -0.4 is 9.64 Å². The number of ether oxygens (including phenoxy) is 1. The Hall–Kier alpha value is -2.52. The van der Waals surface area contributed by atoms with E-state index in [4.69, 9.17) is 4.74 Å². The molecule has 1 fully saturated rings. The van der Waals surface area contributed by atoms with Crippen molar-refractivity contribution in [2.24, 2.45) is 5.92 Å². The zero-order valence-electron chi connectivity index (χ0n) is 19.3. The molecule has 1 aliphatic heterocycles. The fourth-order valence-corrected chi connectivity index (χ4v) is 5.55. The second-order valence-electron chi connectivity index (χ2n) is 8.58. The lowest BCUT2D eigenvalue weighted by Gasteiger charge is -2.34. The Morgan fingerprint density at radius 1 is 1.09 bits per heavy atom. The van der Waals surface area contributed by atoms with Crippen molar-refractivity contribution in [3.63, 3.8) is 0 Å². The topological polar surface area (TPSA) is 85.3 Å². The molecule has 0 saturated carbocycles. The van der Waals surface area contributed by atoms with E-state index in [2.05, 4.69) is 33.7 Å². The molecular weight excluding hydrogens is 456 g/mol. The molecular formula is C24H30N4O3S2. The first-order valence-electron chi connectivity index (χ1n) is 11.3. The molecule has 0 aliphatic carbocycles. The monoisotopic (exact) mass is 486 g/mol. The van der Waals surface area contributed by atoms with Gasteiger partial charge in [0.2, 0.25) is 5.95 Å². The molecule has 1 atom stereocenters. The van der Waals surface area contributed by atoms with Crippen LogP contribution in [0.5, 0.6) is 5.19 Å². The van der Waals surface area contributed by atoms with Gasteiger partial charge in [-0.05, 0) is 55.4 Å². The Bertz CT molecular complexity index is 1150. The van der Waals surface area contributed by atoms with E-state index in [0.29, 0.717) is 16.0 Å². The average molecular weight is 487 g/mol. The standard InChI is InChI=1S/C24H30N4O3S2/c1-4-5-18-14-25-23(26-15-18)28-12-10-19(11-13-28)17(2)31-24-27-16-22(32-24)20-6-8-21(9-7-20)33(3,29)30/h6-9,14-17,19H,4-5,10-13H2,1-3H3/t17-/m1/s1. The maximum absolute atomic E-state index is 11.7. The predicted molar refractivity (Wildman–Crippen MR) is 132 cm³/mol. The summed E-state index contributed by atoms with van der Waals surface area (Å²) in [7, 11) is -3.20. The van der Waals surface area contributed by atoms with Crippen LogP contribution in [0.15, 0.2) is 47.8 Å². The minimum absolute atomic E-state index is 0.0617. The van der Waals surface area contributed by atoms with Crippen molar-refractivity contribution in [3.8, 4) is 15.6 Å². The number of aryl methyl sites for hydroxylation is 1. The number of anilines is 1. The largest absolute Gasteiger partial charge is 0.467 e. The highest BCUT2D eigenvalue weighted by atomic mass is 32.2. The first-order chi connectivity index (χ1) is 15.8. The Balaban J connectivity index is 1.31. The van der Waals surface area contributed by atoms with E-state index in [-0.39, 0.29) is 6.10 Å². The smallest absolute Gasteiger partial charge is 0.273 e. The molecule has 9 heteroatoms. The molecule has 7 nitrogen and oxygen atoms in total. The number of aromatic nitrogens is 3. The molecule has 1 aromatic carbocycles. The van der Waals surface area contributed by atoms with Crippen LogP contribution in [0.4, 0.5) is 5.95 Å². The Labute approximate surface area is 199 Å². The van der Waals surface area contributed by atoms with Crippen molar-refractivity contribution >= 4 is 27.1 Å². The first-order valence-corrected chi connectivity index (χ1v) is 14.0. The number of benzene rings is 1. The molecule has 0 amide bonds. The third-order valence-corrected chi connectivity index (χ3v) is 8.12. The van der Waals surface area contributed by atoms with Crippen LogP contribution >= 0.6 is 11.3 Å². The van der Waals surface area contributed by atoms with Gasteiger partial charge in [0.1, 0.15) is 6.10 Å². The summed E-state index contributed by atoms with van der Waals surface area (Å²) in [4.78, 5) is 17.1. The second kappa shape index (κ2) is 10.2. The SMILES string of the molecule is CCCc1cnc(N2CCC([C@@H](C)Oc3ncc(-c4ccc(S(C)(=O)=O)cc4)s3)CC2)nc1. The zero-order valence-corrected chi connectivity index (χ0v) is 20.9. The fourth-order valence-electron chi connectivity index (χ4n) is 4.07. The van der Waals surface area contributed by atoms with Gasteiger partial charge < -0.3 is 9.64 Å². The average Bonchev–Trinajstić information content (AvgIpc) is 3.28. The maximum atomic E-state index is 11.7. The van der Waals surface area contributed by atoms with E-state index < -0.39 is 9.84 Å². The highest BCUT2D eigenvalue weighted by Crippen LogP contribution is 2.33. The summed E-state index contributed by atoms with van der Waals surface area (Å²) in [6.45, 7) is 6.10. The summed E-state index contributed by atoms with van der Waals surface area (Å²) >= 11 is 1.48. The summed E-state index contributed by atoms with van der Waals surface area (Å²) in [5.74, 6) is 1.26. The van der Waals surface area contributed by atoms with Crippen LogP contribution in [-0.2, 0) is 16.3 Å². The number of hydrogen-bond acceptors (Lipinski definition) is 8. The van der Waals surface area contributed by atoms with Crippen molar-refractivity contribution in [1.82, 2.24) is 15.0 Å². The lowest BCUT2D eigenvalue weighted by molar-refractivity contribution is 0.132. The highest BCUT2D eigenvalue weighted by Gasteiger charge is 2.27. The minimum atomic E-state index is -3.20. The third kappa shape index (κ3) is 5.89. The van der Waals surface area contributed by atoms with E-state index >= 15 is 0 Å². The molecule has 2 aromatic heterocycles.